The molecule has 3 nitrogen and oxygen atoms in total. The third kappa shape index (κ3) is 2.42. The third-order valence-corrected chi connectivity index (χ3v) is 4.27. The van der Waals surface area contributed by atoms with Crippen LogP contribution in [0.25, 0.3) is 10.2 Å². The number of hydrogen-bond donors (Lipinski definition) is 1. The Morgan fingerprint density at radius 3 is 2.55 bits per heavy atom. The van der Waals surface area contributed by atoms with E-state index in [0.717, 1.165) is 15.8 Å². The smallest absolute Gasteiger partial charge is 0.279 e. The van der Waals surface area contributed by atoms with Crippen molar-refractivity contribution in [2.45, 2.75) is 6.92 Å². The SMILES string of the molecule is Cc1cccc2sc(Oc3c(Cl)cc(N)cc3Cl)nc12. The van der Waals surface area contributed by atoms with Gasteiger partial charge in [-0.3, -0.25) is 0 Å². The summed E-state index contributed by atoms with van der Waals surface area (Å²) in [6, 6.07) is 9.19. The van der Waals surface area contributed by atoms with E-state index in [4.69, 9.17) is 33.7 Å². The number of hydrogen-bond acceptors (Lipinski definition) is 4. The quantitative estimate of drug-likeness (QED) is 0.652. The predicted molar refractivity (Wildman–Crippen MR) is 85.3 cm³/mol. The molecule has 0 fully saturated rings. The van der Waals surface area contributed by atoms with Gasteiger partial charge in [-0.25, -0.2) is 4.98 Å². The molecule has 0 unspecified atom stereocenters. The second-order valence-corrected chi connectivity index (χ2v) is 6.12. The van der Waals surface area contributed by atoms with Crippen molar-refractivity contribution in [3.63, 3.8) is 0 Å². The Balaban J connectivity index is 2.04. The topological polar surface area (TPSA) is 48.1 Å². The van der Waals surface area contributed by atoms with Crippen LogP contribution in [0, 0.1) is 6.92 Å². The number of aromatic nitrogens is 1. The fourth-order valence-corrected chi connectivity index (χ4v) is 3.35. The summed E-state index contributed by atoms with van der Waals surface area (Å²) in [5.41, 5.74) is 8.18. The Kier molecular flexibility index (Phi) is 3.46. The van der Waals surface area contributed by atoms with Gasteiger partial charge in [0.2, 0.25) is 0 Å². The fraction of sp³-hybridized carbons (Fsp3) is 0.0714. The number of para-hydroxylation sites is 1. The van der Waals surface area contributed by atoms with Crippen LogP contribution < -0.4 is 10.5 Å². The molecule has 0 radical (unpaired) electrons. The van der Waals surface area contributed by atoms with Crippen molar-refractivity contribution in [2.24, 2.45) is 0 Å². The van der Waals surface area contributed by atoms with Crippen molar-refractivity contribution in [3.05, 3.63) is 45.9 Å². The summed E-state index contributed by atoms with van der Waals surface area (Å²) in [7, 11) is 0. The highest BCUT2D eigenvalue weighted by Crippen LogP contribution is 2.40. The van der Waals surface area contributed by atoms with E-state index in [1.54, 1.807) is 12.1 Å². The van der Waals surface area contributed by atoms with Gasteiger partial charge in [-0.15, -0.1) is 0 Å². The molecular weight excluding hydrogens is 315 g/mol. The molecule has 0 saturated carbocycles. The van der Waals surface area contributed by atoms with Crippen molar-refractivity contribution < 1.29 is 4.74 Å². The highest BCUT2D eigenvalue weighted by Gasteiger charge is 2.13. The Bertz CT molecular complexity index is 778. The molecule has 102 valence electrons. The van der Waals surface area contributed by atoms with Gasteiger partial charge in [0.25, 0.3) is 5.19 Å². The average molecular weight is 325 g/mol. The van der Waals surface area contributed by atoms with Gasteiger partial charge < -0.3 is 10.5 Å². The maximum Gasteiger partial charge on any atom is 0.279 e. The van der Waals surface area contributed by atoms with Crippen molar-refractivity contribution in [1.82, 2.24) is 4.98 Å². The largest absolute Gasteiger partial charge is 0.428 e. The van der Waals surface area contributed by atoms with E-state index >= 15 is 0 Å². The summed E-state index contributed by atoms with van der Waals surface area (Å²) < 4.78 is 6.78. The van der Waals surface area contributed by atoms with Gasteiger partial charge in [-0.2, -0.15) is 0 Å². The Hall–Kier alpha value is -1.49. The van der Waals surface area contributed by atoms with Crippen LogP contribution in [0.15, 0.2) is 30.3 Å². The number of benzene rings is 2. The lowest BCUT2D eigenvalue weighted by Crippen LogP contribution is -1.90. The van der Waals surface area contributed by atoms with Crippen LogP contribution in [-0.2, 0) is 0 Å². The van der Waals surface area contributed by atoms with Crippen LogP contribution in [0.1, 0.15) is 5.56 Å². The number of fused-ring (bicyclic) bond motifs is 1. The zero-order chi connectivity index (χ0) is 14.3. The molecule has 0 atom stereocenters. The minimum absolute atomic E-state index is 0.367. The zero-order valence-electron chi connectivity index (χ0n) is 10.5. The van der Waals surface area contributed by atoms with Gasteiger partial charge in [-0.1, -0.05) is 46.7 Å². The number of thiazole rings is 1. The van der Waals surface area contributed by atoms with Crippen LogP contribution in [0.2, 0.25) is 10.0 Å². The molecular formula is C14H10Cl2N2OS. The highest BCUT2D eigenvalue weighted by atomic mass is 35.5. The Labute approximate surface area is 129 Å². The van der Waals surface area contributed by atoms with Crippen molar-refractivity contribution in [1.29, 1.82) is 0 Å². The molecule has 0 spiro atoms. The number of ether oxygens (including phenoxy) is 1. The second kappa shape index (κ2) is 5.13. The first-order valence-corrected chi connectivity index (χ1v) is 7.40. The van der Waals surface area contributed by atoms with E-state index in [-0.39, 0.29) is 0 Å². The van der Waals surface area contributed by atoms with Crippen LogP contribution >= 0.6 is 34.5 Å². The van der Waals surface area contributed by atoms with Gasteiger partial charge >= 0.3 is 0 Å². The average Bonchev–Trinajstić information content (AvgIpc) is 2.78. The predicted octanol–water partition coefficient (Wildman–Crippen LogP) is 5.29. The third-order valence-electron chi connectivity index (χ3n) is 2.81. The molecule has 0 bridgehead atoms. The summed E-state index contributed by atoms with van der Waals surface area (Å²) >= 11 is 13.7. The van der Waals surface area contributed by atoms with E-state index in [1.165, 1.54) is 11.3 Å². The molecule has 1 heterocycles. The zero-order valence-corrected chi connectivity index (χ0v) is 12.8. The molecule has 1 aromatic heterocycles. The molecule has 3 rings (SSSR count). The summed E-state index contributed by atoms with van der Waals surface area (Å²) in [6.07, 6.45) is 0. The minimum atomic E-state index is 0.367. The monoisotopic (exact) mass is 324 g/mol. The highest BCUT2D eigenvalue weighted by molar-refractivity contribution is 7.20. The lowest BCUT2D eigenvalue weighted by Gasteiger charge is -2.07. The fourth-order valence-electron chi connectivity index (χ4n) is 1.87. The number of halogens is 2. The Morgan fingerprint density at radius 1 is 1.20 bits per heavy atom. The van der Waals surface area contributed by atoms with Crippen molar-refractivity contribution in [2.75, 3.05) is 5.73 Å². The first-order valence-electron chi connectivity index (χ1n) is 5.83. The lowest BCUT2D eigenvalue weighted by molar-refractivity contribution is 0.480. The van der Waals surface area contributed by atoms with E-state index < -0.39 is 0 Å². The van der Waals surface area contributed by atoms with Crippen LogP contribution in [0.3, 0.4) is 0 Å². The van der Waals surface area contributed by atoms with Gasteiger partial charge in [0.1, 0.15) is 0 Å². The molecule has 6 heteroatoms. The lowest BCUT2D eigenvalue weighted by atomic mass is 10.2. The number of nitrogens with zero attached hydrogens (tertiary/aromatic N) is 1. The summed E-state index contributed by atoms with van der Waals surface area (Å²) in [5.74, 6) is 0.374. The second-order valence-electron chi connectivity index (χ2n) is 4.32. The van der Waals surface area contributed by atoms with Gasteiger partial charge in [0.15, 0.2) is 5.75 Å². The number of rotatable bonds is 2. The first kappa shape index (κ1) is 13.5. The molecule has 3 aromatic rings. The molecule has 0 aliphatic heterocycles. The van der Waals surface area contributed by atoms with E-state index in [9.17, 15) is 0 Å². The minimum Gasteiger partial charge on any atom is -0.428 e. The van der Waals surface area contributed by atoms with Crippen molar-refractivity contribution in [3.8, 4) is 10.9 Å². The number of nitrogen functional groups attached to an aromatic ring is 1. The van der Waals surface area contributed by atoms with Crippen LogP contribution in [-0.4, -0.2) is 4.98 Å². The normalized spacial score (nSPS) is 10.9. The summed E-state index contributed by atoms with van der Waals surface area (Å²) in [5, 5.41) is 1.24. The molecule has 0 aliphatic carbocycles. The number of aryl methyl sites for hydroxylation is 1. The molecule has 2 aromatic carbocycles. The standard InChI is InChI=1S/C14H10Cl2N2OS/c1-7-3-2-4-11-12(7)18-14(20-11)19-13-9(15)5-8(17)6-10(13)16/h2-6H,17H2,1H3. The molecule has 0 saturated heterocycles. The summed E-state index contributed by atoms with van der Waals surface area (Å²) in [6.45, 7) is 2.01. The molecule has 20 heavy (non-hydrogen) atoms. The maximum atomic E-state index is 6.10. The molecule has 2 N–H and O–H groups in total. The van der Waals surface area contributed by atoms with Gasteiger partial charge in [-0.05, 0) is 30.7 Å². The van der Waals surface area contributed by atoms with Crippen molar-refractivity contribution >= 4 is 50.4 Å². The van der Waals surface area contributed by atoms with Gasteiger partial charge in [0, 0.05) is 5.69 Å². The van der Waals surface area contributed by atoms with Crippen LogP contribution in [0.4, 0.5) is 5.69 Å². The first-order chi connectivity index (χ1) is 9.54. The Morgan fingerprint density at radius 2 is 1.90 bits per heavy atom. The molecule has 0 aliphatic rings. The van der Waals surface area contributed by atoms with Crippen LogP contribution in [0.5, 0.6) is 10.9 Å². The maximum absolute atomic E-state index is 6.10. The molecule has 0 amide bonds. The number of anilines is 1. The number of nitrogens with two attached hydrogens (primary N) is 1. The van der Waals surface area contributed by atoms with E-state index in [1.807, 2.05) is 25.1 Å². The van der Waals surface area contributed by atoms with Gasteiger partial charge in [0.05, 0.1) is 20.3 Å². The summed E-state index contributed by atoms with van der Waals surface area (Å²) in [4.78, 5) is 4.46. The van der Waals surface area contributed by atoms with E-state index in [2.05, 4.69) is 4.98 Å². The van der Waals surface area contributed by atoms with E-state index in [0.29, 0.717) is 26.7 Å².